The molecule has 4 atom stereocenters. The first-order valence-corrected chi connectivity index (χ1v) is 12.5. The van der Waals surface area contributed by atoms with Crippen molar-refractivity contribution in [2.24, 2.45) is 17.8 Å². The summed E-state index contributed by atoms with van der Waals surface area (Å²) in [6, 6.07) is 5.01. The van der Waals surface area contributed by atoms with Crippen molar-refractivity contribution in [1.82, 2.24) is 5.32 Å². The van der Waals surface area contributed by atoms with E-state index in [0.29, 0.717) is 12.8 Å². The van der Waals surface area contributed by atoms with Crippen LogP contribution in [0.5, 0.6) is 5.75 Å². The molecule has 7 heteroatoms. The molecule has 0 radical (unpaired) electrons. The molecule has 0 saturated carbocycles. The number of aliphatic hydroxyl groups is 1. The monoisotopic (exact) mass is 493 g/mol. The second kappa shape index (κ2) is 11.6. The number of carboxylic acids is 1. The van der Waals surface area contributed by atoms with Gasteiger partial charge >= 0.3 is 12.1 Å². The van der Waals surface area contributed by atoms with Gasteiger partial charge in [-0.05, 0) is 81.4 Å². The number of aliphatic carboxylic acids is 1. The second-order valence-electron chi connectivity index (χ2n) is 12.5. The van der Waals surface area contributed by atoms with Crippen LogP contribution in [0.15, 0.2) is 18.2 Å². The lowest BCUT2D eigenvalue weighted by Crippen LogP contribution is -2.54. The number of hydrogen-bond acceptors (Lipinski definition) is 5. The largest absolute Gasteiger partial charge is 0.508 e. The van der Waals surface area contributed by atoms with Crippen LogP contribution in [0.1, 0.15) is 93.2 Å². The van der Waals surface area contributed by atoms with Crippen LogP contribution >= 0.6 is 0 Å². The smallest absolute Gasteiger partial charge is 0.407 e. The summed E-state index contributed by atoms with van der Waals surface area (Å²) in [5, 5.41) is 34.3. The Balaban J connectivity index is 3.24. The van der Waals surface area contributed by atoms with E-state index in [1.807, 2.05) is 12.1 Å². The van der Waals surface area contributed by atoms with Crippen LogP contribution in [0, 0.1) is 17.8 Å². The fourth-order valence-electron chi connectivity index (χ4n) is 4.15. The molecular formula is C28H47NO6. The SMILES string of the molecule is CC(C)[C@@H](Cc1ccc(C(C)(C)C)cc1O)C[C@H](NC(=O)OC(C)(C)C)[C@@](C)(O)C[C@@H](C)C(=O)O. The molecule has 0 heterocycles. The van der Waals surface area contributed by atoms with E-state index in [9.17, 15) is 24.9 Å². The fraction of sp³-hybridized carbons (Fsp3) is 0.714. The number of phenols is 1. The Morgan fingerprint density at radius 1 is 1.03 bits per heavy atom. The van der Waals surface area contributed by atoms with Crippen LogP contribution in [-0.2, 0) is 21.4 Å². The third-order valence-corrected chi connectivity index (χ3v) is 6.50. The van der Waals surface area contributed by atoms with Crippen LogP contribution in [0.2, 0.25) is 0 Å². The Hall–Kier alpha value is -2.28. The highest BCUT2D eigenvalue weighted by Crippen LogP contribution is 2.34. The van der Waals surface area contributed by atoms with E-state index < -0.39 is 35.2 Å². The molecule has 0 bridgehead atoms. The maximum Gasteiger partial charge on any atom is 0.407 e. The number of carbonyl (C=O) groups is 2. The van der Waals surface area contributed by atoms with Crippen LogP contribution < -0.4 is 5.32 Å². The Kier molecular flexibility index (Phi) is 10.2. The number of carboxylic acid groups (broad SMARTS) is 1. The quantitative estimate of drug-likeness (QED) is 0.335. The molecule has 1 amide bonds. The molecule has 35 heavy (non-hydrogen) atoms. The van der Waals surface area contributed by atoms with Crippen LogP contribution in [0.4, 0.5) is 4.79 Å². The molecule has 1 aromatic rings. The predicted molar refractivity (Wildman–Crippen MR) is 139 cm³/mol. The van der Waals surface area contributed by atoms with E-state index in [0.717, 1.165) is 11.1 Å². The molecule has 1 aromatic carbocycles. The van der Waals surface area contributed by atoms with Crippen molar-refractivity contribution in [3.8, 4) is 5.75 Å². The van der Waals surface area contributed by atoms with Gasteiger partial charge < -0.3 is 25.4 Å². The minimum absolute atomic E-state index is 0.00654. The average Bonchev–Trinajstić information content (AvgIpc) is 2.65. The molecule has 4 N–H and O–H groups in total. The zero-order chi connectivity index (χ0) is 27.4. The van der Waals surface area contributed by atoms with E-state index >= 15 is 0 Å². The van der Waals surface area contributed by atoms with E-state index in [4.69, 9.17) is 4.74 Å². The van der Waals surface area contributed by atoms with E-state index in [1.54, 1.807) is 33.8 Å². The molecule has 0 aliphatic rings. The minimum Gasteiger partial charge on any atom is -0.508 e. The summed E-state index contributed by atoms with van der Waals surface area (Å²) in [5.74, 6) is -1.41. The Morgan fingerprint density at radius 2 is 1.60 bits per heavy atom. The van der Waals surface area contributed by atoms with Crippen molar-refractivity contribution in [2.75, 3.05) is 0 Å². The number of rotatable bonds is 10. The third-order valence-electron chi connectivity index (χ3n) is 6.50. The normalized spacial score (nSPS) is 16.8. The van der Waals surface area contributed by atoms with Gasteiger partial charge in [0, 0.05) is 0 Å². The van der Waals surface area contributed by atoms with Gasteiger partial charge in [0.25, 0.3) is 0 Å². The molecule has 1 rings (SSSR count). The molecule has 200 valence electrons. The standard InChI is InChI=1S/C28H47NO6/c1-17(2)20(13-19-11-12-21(15-22(19)30)26(4,5)6)14-23(29-25(33)35-27(7,8)9)28(10,34)16-18(3)24(31)32/h11-12,15,17-18,20,23,30,34H,13-14,16H2,1-10H3,(H,29,33)(H,31,32)/t18-,20+,23+,28+/m1/s1. The summed E-state index contributed by atoms with van der Waals surface area (Å²) in [5.41, 5.74) is -0.455. The molecule has 7 nitrogen and oxygen atoms in total. The topological polar surface area (TPSA) is 116 Å². The van der Waals surface area contributed by atoms with Gasteiger partial charge in [-0.2, -0.15) is 0 Å². The lowest BCUT2D eigenvalue weighted by Gasteiger charge is -2.38. The molecular weight excluding hydrogens is 446 g/mol. The Bertz CT molecular complexity index is 863. The van der Waals surface area contributed by atoms with Crippen molar-refractivity contribution in [1.29, 1.82) is 0 Å². The van der Waals surface area contributed by atoms with Crippen molar-refractivity contribution in [2.45, 2.75) is 111 Å². The number of phenolic OH excluding ortho intramolecular Hbond substituents is 1. The van der Waals surface area contributed by atoms with Gasteiger partial charge in [-0.25, -0.2) is 4.79 Å². The first kappa shape index (κ1) is 30.8. The summed E-state index contributed by atoms with van der Waals surface area (Å²) in [7, 11) is 0. The van der Waals surface area contributed by atoms with E-state index in [2.05, 4.69) is 39.9 Å². The lowest BCUT2D eigenvalue weighted by molar-refractivity contribution is -0.143. The predicted octanol–water partition coefficient (Wildman–Crippen LogP) is 5.65. The highest BCUT2D eigenvalue weighted by molar-refractivity contribution is 5.70. The van der Waals surface area contributed by atoms with Gasteiger partial charge in [0.2, 0.25) is 0 Å². The molecule has 0 spiro atoms. The molecule has 0 saturated heterocycles. The van der Waals surface area contributed by atoms with Gasteiger partial charge in [0.15, 0.2) is 0 Å². The first-order chi connectivity index (χ1) is 15.7. The maximum atomic E-state index is 12.6. The minimum atomic E-state index is -1.49. The summed E-state index contributed by atoms with van der Waals surface area (Å²) in [4.78, 5) is 24.1. The number of benzene rings is 1. The van der Waals surface area contributed by atoms with Gasteiger partial charge in [-0.3, -0.25) is 4.79 Å². The number of hydrogen-bond donors (Lipinski definition) is 4. The summed E-state index contributed by atoms with van der Waals surface area (Å²) in [6.45, 7) is 18.8. The Morgan fingerprint density at radius 3 is 2.03 bits per heavy atom. The highest BCUT2D eigenvalue weighted by Gasteiger charge is 2.39. The molecule has 0 aromatic heterocycles. The molecule has 0 aliphatic carbocycles. The van der Waals surface area contributed by atoms with Crippen molar-refractivity contribution in [3.05, 3.63) is 29.3 Å². The number of nitrogens with one attached hydrogen (secondary N) is 1. The molecule has 0 fully saturated rings. The van der Waals surface area contributed by atoms with E-state index in [1.165, 1.54) is 6.92 Å². The van der Waals surface area contributed by atoms with Crippen molar-refractivity contribution < 1.29 is 29.6 Å². The average molecular weight is 494 g/mol. The number of aromatic hydroxyl groups is 1. The number of amides is 1. The Labute approximate surface area is 211 Å². The molecule has 0 unspecified atom stereocenters. The zero-order valence-corrected chi connectivity index (χ0v) is 23.2. The maximum absolute atomic E-state index is 12.6. The van der Waals surface area contributed by atoms with Gasteiger partial charge in [0.1, 0.15) is 11.4 Å². The van der Waals surface area contributed by atoms with Gasteiger partial charge in [0.05, 0.1) is 17.6 Å². The second-order valence-corrected chi connectivity index (χ2v) is 12.5. The van der Waals surface area contributed by atoms with Crippen LogP contribution in [0.3, 0.4) is 0 Å². The van der Waals surface area contributed by atoms with Crippen molar-refractivity contribution >= 4 is 12.1 Å². The highest BCUT2D eigenvalue weighted by atomic mass is 16.6. The zero-order valence-electron chi connectivity index (χ0n) is 23.2. The fourth-order valence-corrected chi connectivity index (χ4v) is 4.15. The summed E-state index contributed by atoms with van der Waals surface area (Å²) in [6.07, 6.45) is 0.242. The summed E-state index contributed by atoms with van der Waals surface area (Å²) < 4.78 is 5.42. The lowest BCUT2D eigenvalue weighted by atomic mass is 9.77. The van der Waals surface area contributed by atoms with E-state index in [-0.39, 0.29) is 29.4 Å². The van der Waals surface area contributed by atoms with Crippen molar-refractivity contribution in [3.63, 3.8) is 0 Å². The first-order valence-electron chi connectivity index (χ1n) is 12.5. The van der Waals surface area contributed by atoms with Crippen LogP contribution in [0.25, 0.3) is 0 Å². The summed E-state index contributed by atoms with van der Waals surface area (Å²) >= 11 is 0. The number of alkyl carbamates (subject to hydrolysis) is 1. The van der Waals surface area contributed by atoms with Gasteiger partial charge in [-0.1, -0.05) is 53.7 Å². The van der Waals surface area contributed by atoms with Gasteiger partial charge in [-0.15, -0.1) is 0 Å². The number of ether oxygens (including phenoxy) is 1. The molecule has 0 aliphatic heterocycles. The third kappa shape index (κ3) is 10.1. The van der Waals surface area contributed by atoms with Crippen LogP contribution in [-0.4, -0.2) is 44.6 Å². The number of carbonyl (C=O) groups excluding carboxylic acids is 1.